The molecule has 1 amide bonds. The second kappa shape index (κ2) is 8.77. The van der Waals surface area contributed by atoms with Gasteiger partial charge in [0.1, 0.15) is 5.82 Å². The van der Waals surface area contributed by atoms with Crippen LogP contribution in [0, 0.1) is 0 Å². The Labute approximate surface area is 193 Å². The summed E-state index contributed by atoms with van der Waals surface area (Å²) in [6.07, 6.45) is 4.22. The normalized spacial score (nSPS) is 20.4. The van der Waals surface area contributed by atoms with Crippen molar-refractivity contribution in [3.63, 3.8) is 0 Å². The third-order valence-corrected chi connectivity index (χ3v) is 6.83. The van der Waals surface area contributed by atoms with Crippen molar-refractivity contribution in [3.05, 3.63) is 48.0 Å². The van der Waals surface area contributed by atoms with Crippen LogP contribution in [-0.4, -0.2) is 60.2 Å². The molecule has 2 fully saturated rings. The van der Waals surface area contributed by atoms with Crippen LogP contribution in [0.4, 0.5) is 11.8 Å². The molecule has 8 nitrogen and oxygen atoms in total. The average Bonchev–Trinajstić information content (AvgIpc) is 2.87. The number of benzene rings is 2. The van der Waals surface area contributed by atoms with Crippen LogP contribution in [0.15, 0.2) is 42.5 Å². The van der Waals surface area contributed by atoms with E-state index in [0.29, 0.717) is 41.9 Å². The Morgan fingerprint density at radius 2 is 1.67 bits per heavy atom. The van der Waals surface area contributed by atoms with Gasteiger partial charge in [-0.25, -0.2) is 4.98 Å². The number of rotatable bonds is 4. The van der Waals surface area contributed by atoms with Crippen molar-refractivity contribution in [2.24, 2.45) is 0 Å². The summed E-state index contributed by atoms with van der Waals surface area (Å²) in [5.41, 5.74) is 7.81. The minimum atomic E-state index is 0.0999. The van der Waals surface area contributed by atoms with E-state index < -0.39 is 0 Å². The summed E-state index contributed by atoms with van der Waals surface area (Å²) in [7, 11) is 3.19. The highest BCUT2D eigenvalue weighted by molar-refractivity contribution is 5.95. The number of aromatic nitrogens is 2. The Hall–Kier alpha value is -3.55. The predicted molar refractivity (Wildman–Crippen MR) is 128 cm³/mol. The molecule has 1 aromatic heterocycles. The lowest BCUT2D eigenvalue weighted by molar-refractivity contribution is 0.0540. The standard InChI is InChI=1S/C25H29N5O3/c1-32-21-14-17-18(15-22(21)33-2)27-25(28-23(17)26)30-13-12-29(19-10-6-7-11-20(19)30)24(31)16-8-4-3-5-9-16/h3-5,8-9,14-15,19-20H,6-7,10-13H2,1-2H3,(H2,26,27,28)/t19-,20+/m0/s1. The van der Waals surface area contributed by atoms with Crippen molar-refractivity contribution in [1.82, 2.24) is 14.9 Å². The van der Waals surface area contributed by atoms with Crippen LogP contribution >= 0.6 is 0 Å². The first-order chi connectivity index (χ1) is 16.1. The van der Waals surface area contributed by atoms with Gasteiger partial charge in [-0.05, 0) is 31.0 Å². The monoisotopic (exact) mass is 447 g/mol. The molecule has 172 valence electrons. The zero-order valence-corrected chi connectivity index (χ0v) is 19.0. The number of fused-ring (bicyclic) bond motifs is 2. The number of hydrogen-bond acceptors (Lipinski definition) is 7. The molecule has 1 saturated carbocycles. The number of carbonyl (C=O) groups excluding carboxylic acids is 1. The molecule has 1 aliphatic carbocycles. The number of nitrogens with zero attached hydrogens (tertiary/aromatic N) is 4. The first-order valence-electron chi connectivity index (χ1n) is 11.4. The molecule has 2 atom stereocenters. The van der Waals surface area contributed by atoms with Gasteiger partial charge in [-0.3, -0.25) is 4.79 Å². The molecule has 5 rings (SSSR count). The van der Waals surface area contributed by atoms with Gasteiger partial charge in [0.25, 0.3) is 5.91 Å². The van der Waals surface area contributed by atoms with E-state index in [1.165, 1.54) is 0 Å². The fourth-order valence-corrected chi connectivity index (χ4v) is 5.21. The van der Waals surface area contributed by atoms with Gasteiger partial charge in [-0.2, -0.15) is 4.98 Å². The van der Waals surface area contributed by atoms with Crippen LogP contribution in [-0.2, 0) is 0 Å². The summed E-state index contributed by atoms with van der Waals surface area (Å²) in [6.45, 7) is 1.29. The second-order valence-electron chi connectivity index (χ2n) is 8.61. The van der Waals surface area contributed by atoms with Crippen LogP contribution in [0.25, 0.3) is 10.9 Å². The molecule has 33 heavy (non-hydrogen) atoms. The number of nitrogens with two attached hydrogens (primary N) is 1. The molecule has 0 spiro atoms. The molecule has 1 aliphatic heterocycles. The Balaban J connectivity index is 1.49. The van der Waals surface area contributed by atoms with Crippen molar-refractivity contribution in [1.29, 1.82) is 0 Å². The van der Waals surface area contributed by atoms with Crippen LogP contribution in [0.3, 0.4) is 0 Å². The number of methoxy groups -OCH3 is 2. The first kappa shape index (κ1) is 21.3. The number of piperazine rings is 1. The van der Waals surface area contributed by atoms with E-state index in [4.69, 9.17) is 20.2 Å². The lowest BCUT2D eigenvalue weighted by Crippen LogP contribution is -2.62. The smallest absolute Gasteiger partial charge is 0.254 e. The van der Waals surface area contributed by atoms with Crippen molar-refractivity contribution >= 4 is 28.6 Å². The molecular formula is C25H29N5O3. The number of amides is 1. The predicted octanol–water partition coefficient (Wildman–Crippen LogP) is 3.50. The van der Waals surface area contributed by atoms with Crippen molar-refractivity contribution in [2.45, 2.75) is 37.8 Å². The topological polar surface area (TPSA) is 93.8 Å². The third kappa shape index (κ3) is 3.79. The molecule has 2 N–H and O–H groups in total. The molecule has 0 unspecified atom stereocenters. The molecule has 3 aromatic rings. The van der Waals surface area contributed by atoms with E-state index in [9.17, 15) is 4.79 Å². The molecule has 2 heterocycles. The Morgan fingerprint density at radius 1 is 0.970 bits per heavy atom. The van der Waals surface area contributed by atoms with Gasteiger partial charge >= 0.3 is 0 Å². The van der Waals surface area contributed by atoms with Gasteiger partial charge in [-0.1, -0.05) is 31.0 Å². The summed E-state index contributed by atoms with van der Waals surface area (Å²) in [5.74, 6) is 2.31. The molecule has 1 saturated heterocycles. The lowest BCUT2D eigenvalue weighted by Gasteiger charge is -2.50. The van der Waals surface area contributed by atoms with Gasteiger partial charge in [0.2, 0.25) is 5.95 Å². The summed E-state index contributed by atoms with van der Waals surface area (Å²) in [6, 6.07) is 13.5. The maximum absolute atomic E-state index is 13.3. The maximum Gasteiger partial charge on any atom is 0.254 e. The number of carbonyl (C=O) groups is 1. The Morgan fingerprint density at radius 3 is 2.39 bits per heavy atom. The zero-order valence-electron chi connectivity index (χ0n) is 19.0. The van der Waals surface area contributed by atoms with Gasteiger partial charge in [0.05, 0.1) is 31.8 Å². The quantitative estimate of drug-likeness (QED) is 0.654. The van der Waals surface area contributed by atoms with E-state index in [1.54, 1.807) is 14.2 Å². The van der Waals surface area contributed by atoms with Crippen molar-refractivity contribution < 1.29 is 14.3 Å². The Bertz CT molecular complexity index is 1170. The van der Waals surface area contributed by atoms with E-state index >= 15 is 0 Å². The fraction of sp³-hybridized carbons (Fsp3) is 0.400. The summed E-state index contributed by atoms with van der Waals surface area (Å²) in [5, 5.41) is 0.731. The van der Waals surface area contributed by atoms with Gasteiger partial charge in [0, 0.05) is 30.1 Å². The second-order valence-corrected chi connectivity index (χ2v) is 8.61. The molecule has 2 aliphatic rings. The van der Waals surface area contributed by atoms with E-state index in [-0.39, 0.29) is 18.0 Å². The largest absolute Gasteiger partial charge is 0.493 e. The van der Waals surface area contributed by atoms with Crippen LogP contribution in [0.2, 0.25) is 0 Å². The number of nitrogen functional groups attached to an aromatic ring is 1. The minimum Gasteiger partial charge on any atom is -0.493 e. The highest BCUT2D eigenvalue weighted by atomic mass is 16.5. The van der Waals surface area contributed by atoms with Crippen LogP contribution < -0.4 is 20.1 Å². The van der Waals surface area contributed by atoms with E-state index in [0.717, 1.165) is 36.6 Å². The Kier molecular flexibility index (Phi) is 5.66. The van der Waals surface area contributed by atoms with Crippen molar-refractivity contribution in [3.8, 4) is 11.5 Å². The zero-order chi connectivity index (χ0) is 22.9. The molecule has 8 heteroatoms. The first-order valence-corrected chi connectivity index (χ1v) is 11.4. The van der Waals surface area contributed by atoms with Crippen LogP contribution in [0.1, 0.15) is 36.0 Å². The molecule has 2 aromatic carbocycles. The van der Waals surface area contributed by atoms with Gasteiger partial charge in [-0.15, -0.1) is 0 Å². The molecule has 0 bridgehead atoms. The summed E-state index contributed by atoms with van der Waals surface area (Å²) < 4.78 is 10.9. The highest BCUT2D eigenvalue weighted by Gasteiger charge is 2.41. The fourth-order valence-electron chi connectivity index (χ4n) is 5.21. The minimum absolute atomic E-state index is 0.0999. The highest BCUT2D eigenvalue weighted by Crippen LogP contribution is 2.37. The maximum atomic E-state index is 13.3. The van der Waals surface area contributed by atoms with Gasteiger partial charge in [0.15, 0.2) is 11.5 Å². The molecule has 0 radical (unpaired) electrons. The van der Waals surface area contributed by atoms with Gasteiger partial charge < -0.3 is 25.0 Å². The number of anilines is 2. The third-order valence-electron chi connectivity index (χ3n) is 6.83. The summed E-state index contributed by atoms with van der Waals surface area (Å²) >= 11 is 0. The number of ether oxygens (including phenoxy) is 2. The van der Waals surface area contributed by atoms with Crippen LogP contribution in [0.5, 0.6) is 11.5 Å². The van der Waals surface area contributed by atoms with E-state index in [2.05, 4.69) is 9.88 Å². The average molecular weight is 448 g/mol. The van der Waals surface area contributed by atoms with Crippen molar-refractivity contribution in [2.75, 3.05) is 37.9 Å². The number of hydrogen-bond donors (Lipinski definition) is 1. The summed E-state index contributed by atoms with van der Waals surface area (Å²) in [4.78, 5) is 27.1. The SMILES string of the molecule is COc1cc2nc(N3CCN(C(=O)c4ccccc4)[C@H]4CCCC[C@H]43)nc(N)c2cc1OC. The lowest BCUT2D eigenvalue weighted by atomic mass is 9.86. The van der Waals surface area contributed by atoms with E-state index in [1.807, 2.05) is 47.4 Å². The molecular weight excluding hydrogens is 418 g/mol.